The molecule has 2 rings (SSSR count). The third-order valence-electron chi connectivity index (χ3n) is 4.53. The second kappa shape index (κ2) is 12.9. The molecule has 1 aromatic rings. The van der Waals surface area contributed by atoms with Crippen LogP contribution >= 0.6 is 34.4 Å². The highest BCUT2D eigenvalue weighted by Crippen LogP contribution is 2.27. The SMILES string of the molecule is O=C(NCCNCc1ccccc1)C(CSCC1CCCC1)NCI. The fraction of sp³-hybridized carbons (Fsp3) is 0.632. The number of carbonyl (C=O) groups is 1. The highest BCUT2D eigenvalue weighted by Gasteiger charge is 2.19. The molecule has 25 heavy (non-hydrogen) atoms. The monoisotopic (exact) mass is 475 g/mol. The Kier molecular flexibility index (Phi) is 10.9. The molecule has 1 saturated carbocycles. The Hall–Kier alpha value is -0.310. The van der Waals surface area contributed by atoms with Gasteiger partial charge in [0, 0.05) is 29.9 Å². The molecule has 0 aromatic heterocycles. The minimum Gasteiger partial charge on any atom is -0.353 e. The fourth-order valence-corrected chi connectivity index (χ4v) is 4.92. The molecule has 0 radical (unpaired) electrons. The first-order valence-corrected chi connectivity index (χ1v) is 11.9. The molecular formula is C19H30IN3OS. The Labute approximate surface area is 169 Å². The quantitative estimate of drug-likeness (QED) is 0.188. The van der Waals surface area contributed by atoms with E-state index in [1.54, 1.807) is 0 Å². The van der Waals surface area contributed by atoms with Crippen molar-refractivity contribution in [2.75, 3.05) is 29.1 Å². The van der Waals surface area contributed by atoms with Gasteiger partial charge in [0.2, 0.25) is 5.91 Å². The largest absolute Gasteiger partial charge is 0.353 e. The van der Waals surface area contributed by atoms with Crippen LogP contribution in [-0.4, -0.2) is 41.1 Å². The van der Waals surface area contributed by atoms with E-state index in [0.717, 1.165) is 29.3 Å². The van der Waals surface area contributed by atoms with Gasteiger partial charge in [0.05, 0.1) is 6.04 Å². The van der Waals surface area contributed by atoms with Crippen LogP contribution in [0.5, 0.6) is 0 Å². The van der Waals surface area contributed by atoms with Crippen LogP contribution < -0.4 is 16.0 Å². The second-order valence-electron chi connectivity index (χ2n) is 6.53. The summed E-state index contributed by atoms with van der Waals surface area (Å²) in [5.41, 5.74) is 1.27. The lowest BCUT2D eigenvalue weighted by Gasteiger charge is -2.18. The molecule has 1 aliphatic rings. The Balaban J connectivity index is 1.58. The summed E-state index contributed by atoms with van der Waals surface area (Å²) in [6, 6.07) is 10.2. The molecule has 4 nitrogen and oxygen atoms in total. The Morgan fingerprint density at radius 2 is 1.96 bits per heavy atom. The highest BCUT2D eigenvalue weighted by molar-refractivity contribution is 14.1. The third-order valence-corrected chi connectivity index (χ3v) is 6.24. The topological polar surface area (TPSA) is 53.2 Å². The van der Waals surface area contributed by atoms with Crippen molar-refractivity contribution in [3.63, 3.8) is 0 Å². The first-order valence-electron chi connectivity index (χ1n) is 9.19. The second-order valence-corrected chi connectivity index (χ2v) is 8.37. The third kappa shape index (κ3) is 8.75. The molecule has 1 unspecified atom stereocenters. The summed E-state index contributed by atoms with van der Waals surface area (Å²) in [4.78, 5) is 12.4. The van der Waals surface area contributed by atoms with Crippen molar-refractivity contribution in [3.05, 3.63) is 35.9 Å². The molecule has 0 spiro atoms. The number of nitrogens with one attached hydrogen (secondary N) is 3. The lowest BCUT2D eigenvalue weighted by Crippen LogP contribution is -2.47. The molecule has 1 atom stereocenters. The highest BCUT2D eigenvalue weighted by atomic mass is 127. The molecule has 3 N–H and O–H groups in total. The van der Waals surface area contributed by atoms with E-state index in [2.05, 4.69) is 50.7 Å². The molecule has 0 bridgehead atoms. The van der Waals surface area contributed by atoms with Crippen molar-refractivity contribution in [3.8, 4) is 0 Å². The number of hydrogen-bond acceptors (Lipinski definition) is 4. The van der Waals surface area contributed by atoms with Gasteiger partial charge in [-0.3, -0.25) is 10.1 Å². The predicted molar refractivity (Wildman–Crippen MR) is 116 cm³/mol. The number of amides is 1. The van der Waals surface area contributed by atoms with Crippen LogP contribution in [-0.2, 0) is 11.3 Å². The average molecular weight is 475 g/mol. The summed E-state index contributed by atoms with van der Waals surface area (Å²) in [5, 5.41) is 9.73. The molecule has 140 valence electrons. The maximum Gasteiger partial charge on any atom is 0.238 e. The van der Waals surface area contributed by atoms with Gasteiger partial charge in [0.25, 0.3) is 0 Å². The van der Waals surface area contributed by atoms with Crippen molar-refractivity contribution in [2.24, 2.45) is 5.92 Å². The van der Waals surface area contributed by atoms with Gasteiger partial charge >= 0.3 is 0 Å². The van der Waals surface area contributed by atoms with E-state index < -0.39 is 0 Å². The van der Waals surface area contributed by atoms with E-state index >= 15 is 0 Å². The van der Waals surface area contributed by atoms with Crippen LogP contribution in [0, 0.1) is 5.92 Å². The van der Waals surface area contributed by atoms with Gasteiger partial charge in [-0.05, 0) is 30.1 Å². The van der Waals surface area contributed by atoms with Gasteiger partial charge in [0.1, 0.15) is 0 Å². The molecule has 1 fully saturated rings. The van der Waals surface area contributed by atoms with Crippen LogP contribution in [0.25, 0.3) is 0 Å². The molecule has 1 aliphatic carbocycles. The Morgan fingerprint density at radius 1 is 1.20 bits per heavy atom. The molecular weight excluding hydrogens is 445 g/mol. The first-order chi connectivity index (χ1) is 12.3. The van der Waals surface area contributed by atoms with Crippen molar-refractivity contribution < 1.29 is 4.79 Å². The summed E-state index contributed by atoms with van der Waals surface area (Å²) in [7, 11) is 0. The summed E-state index contributed by atoms with van der Waals surface area (Å²) in [5.74, 6) is 3.06. The van der Waals surface area contributed by atoms with Crippen LogP contribution in [0.2, 0.25) is 0 Å². The minimum atomic E-state index is -0.0857. The minimum absolute atomic E-state index is 0.0857. The summed E-state index contributed by atoms with van der Waals surface area (Å²) in [6.45, 7) is 2.29. The van der Waals surface area contributed by atoms with Gasteiger partial charge in [-0.25, -0.2) is 0 Å². The summed E-state index contributed by atoms with van der Waals surface area (Å²) in [6.07, 6.45) is 5.52. The van der Waals surface area contributed by atoms with E-state index in [4.69, 9.17) is 0 Å². The fourth-order valence-electron chi connectivity index (χ4n) is 3.08. The van der Waals surface area contributed by atoms with E-state index in [1.165, 1.54) is 37.0 Å². The van der Waals surface area contributed by atoms with Gasteiger partial charge in [-0.1, -0.05) is 65.8 Å². The molecule has 1 aromatic carbocycles. The normalized spacial score (nSPS) is 16.0. The van der Waals surface area contributed by atoms with Gasteiger partial charge < -0.3 is 10.6 Å². The van der Waals surface area contributed by atoms with Crippen LogP contribution in [0.15, 0.2) is 30.3 Å². The first kappa shape index (κ1) is 21.0. The van der Waals surface area contributed by atoms with Crippen molar-refractivity contribution >= 4 is 40.3 Å². The van der Waals surface area contributed by atoms with Crippen molar-refractivity contribution in [1.82, 2.24) is 16.0 Å². The van der Waals surface area contributed by atoms with E-state index in [0.29, 0.717) is 6.54 Å². The van der Waals surface area contributed by atoms with Crippen molar-refractivity contribution in [2.45, 2.75) is 38.3 Å². The van der Waals surface area contributed by atoms with Gasteiger partial charge in [-0.15, -0.1) is 0 Å². The zero-order valence-electron chi connectivity index (χ0n) is 14.8. The van der Waals surface area contributed by atoms with Gasteiger partial charge in [0.15, 0.2) is 0 Å². The van der Waals surface area contributed by atoms with E-state index in [1.807, 2.05) is 30.0 Å². The number of halogens is 1. The van der Waals surface area contributed by atoms with Crippen LogP contribution in [0.1, 0.15) is 31.2 Å². The number of rotatable bonds is 12. The molecule has 1 amide bonds. The number of carbonyl (C=O) groups excluding carboxylic acids is 1. The molecule has 0 heterocycles. The van der Waals surface area contributed by atoms with Crippen molar-refractivity contribution in [1.29, 1.82) is 0 Å². The number of benzene rings is 1. The van der Waals surface area contributed by atoms with E-state index in [9.17, 15) is 4.79 Å². The zero-order valence-corrected chi connectivity index (χ0v) is 17.8. The van der Waals surface area contributed by atoms with Crippen LogP contribution in [0.3, 0.4) is 0 Å². The number of thioether (sulfide) groups is 1. The molecule has 0 saturated heterocycles. The smallest absolute Gasteiger partial charge is 0.238 e. The molecule has 0 aliphatic heterocycles. The Morgan fingerprint density at radius 3 is 2.68 bits per heavy atom. The van der Waals surface area contributed by atoms with Gasteiger partial charge in [-0.2, -0.15) is 11.8 Å². The number of hydrogen-bond donors (Lipinski definition) is 3. The maximum atomic E-state index is 12.4. The standard InChI is InChI=1S/C19H30IN3OS/c20-15-23-18(14-25-13-17-8-4-5-9-17)19(24)22-11-10-21-12-16-6-2-1-3-7-16/h1-3,6-7,17-18,21,23H,4-5,8-15H2,(H,22,24). The predicted octanol–water partition coefficient (Wildman–Crippen LogP) is 3.17. The Bertz CT molecular complexity index is 483. The zero-order chi connectivity index (χ0) is 17.7. The lowest BCUT2D eigenvalue weighted by atomic mass is 10.1. The summed E-state index contributed by atoms with van der Waals surface area (Å²) >= 11 is 4.20. The summed E-state index contributed by atoms with van der Waals surface area (Å²) < 4.78 is 0.798. The van der Waals surface area contributed by atoms with Crippen LogP contribution in [0.4, 0.5) is 0 Å². The number of alkyl halides is 1. The van der Waals surface area contributed by atoms with E-state index in [-0.39, 0.29) is 11.9 Å². The molecule has 6 heteroatoms. The average Bonchev–Trinajstić information content (AvgIpc) is 3.15. The lowest BCUT2D eigenvalue weighted by molar-refractivity contribution is -0.122. The maximum absolute atomic E-state index is 12.4.